The molecule has 0 aliphatic heterocycles. The van der Waals surface area contributed by atoms with E-state index >= 15 is 0 Å². The SMILES string of the molecule is CC(C)c1cc(-c2cc(N)n(C)n2)cc(Cl)c1F. The Hall–Kier alpha value is -1.55. The van der Waals surface area contributed by atoms with Gasteiger partial charge in [-0.25, -0.2) is 4.39 Å². The average molecular weight is 268 g/mol. The van der Waals surface area contributed by atoms with Gasteiger partial charge in [-0.3, -0.25) is 4.68 Å². The van der Waals surface area contributed by atoms with Crippen LogP contribution in [0.25, 0.3) is 11.3 Å². The van der Waals surface area contributed by atoms with Gasteiger partial charge in [-0.15, -0.1) is 0 Å². The minimum Gasteiger partial charge on any atom is -0.384 e. The Labute approximate surface area is 110 Å². The van der Waals surface area contributed by atoms with Crippen molar-refractivity contribution in [2.75, 3.05) is 5.73 Å². The molecule has 1 aromatic heterocycles. The minimum absolute atomic E-state index is 0.0588. The van der Waals surface area contributed by atoms with Crippen LogP contribution in [0.15, 0.2) is 18.2 Å². The highest BCUT2D eigenvalue weighted by Gasteiger charge is 2.14. The third-order valence-corrected chi connectivity index (χ3v) is 3.17. The maximum absolute atomic E-state index is 13.9. The molecule has 0 saturated heterocycles. The Morgan fingerprint density at radius 1 is 1.33 bits per heavy atom. The van der Waals surface area contributed by atoms with Crippen LogP contribution >= 0.6 is 11.6 Å². The largest absolute Gasteiger partial charge is 0.384 e. The van der Waals surface area contributed by atoms with E-state index in [1.165, 1.54) is 0 Å². The number of nitrogens with two attached hydrogens (primary N) is 1. The fraction of sp³-hybridized carbons (Fsp3) is 0.308. The molecule has 18 heavy (non-hydrogen) atoms. The molecule has 0 bridgehead atoms. The van der Waals surface area contributed by atoms with Crippen molar-refractivity contribution in [1.82, 2.24) is 9.78 Å². The molecule has 0 atom stereocenters. The topological polar surface area (TPSA) is 43.8 Å². The number of nitrogen functional groups attached to an aromatic ring is 1. The molecule has 5 heteroatoms. The second-order valence-electron chi connectivity index (χ2n) is 4.59. The van der Waals surface area contributed by atoms with Gasteiger partial charge in [0.05, 0.1) is 10.7 Å². The lowest BCUT2D eigenvalue weighted by atomic mass is 9.99. The van der Waals surface area contributed by atoms with E-state index in [-0.39, 0.29) is 16.8 Å². The number of halogens is 2. The molecule has 2 aromatic rings. The zero-order chi connectivity index (χ0) is 13.4. The molecule has 0 fully saturated rings. The molecule has 1 aromatic carbocycles. The van der Waals surface area contributed by atoms with E-state index in [1.807, 2.05) is 13.8 Å². The van der Waals surface area contributed by atoms with E-state index in [0.29, 0.717) is 17.1 Å². The lowest BCUT2D eigenvalue weighted by Crippen LogP contribution is -1.97. The summed E-state index contributed by atoms with van der Waals surface area (Å²) in [6.07, 6.45) is 0. The van der Waals surface area contributed by atoms with Crippen LogP contribution < -0.4 is 5.73 Å². The smallest absolute Gasteiger partial charge is 0.145 e. The summed E-state index contributed by atoms with van der Waals surface area (Å²) in [7, 11) is 1.76. The van der Waals surface area contributed by atoms with Gasteiger partial charge in [-0.05, 0) is 23.6 Å². The van der Waals surface area contributed by atoms with E-state index in [2.05, 4.69) is 5.10 Å². The van der Waals surface area contributed by atoms with Gasteiger partial charge in [0.25, 0.3) is 0 Å². The van der Waals surface area contributed by atoms with Crippen LogP contribution in [0, 0.1) is 5.82 Å². The zero-order valence-electron chi connectivity index (χ0n) is 10.5. The maximum atomic E-state index is 13.9. The summed E-state index contributed by atoms with van der Waals surface area (Å²) in [5, 5.41) is 4.37. The number of aryl methyl sites for hydroxylation is 1. The Balaban J connectivity index is 2.58. The van der Waals surface area contributed by atoms with Crippen molar-refractivity contribution in [1.29, 1.82) is 0 Å². The molecule has 0 aliphatic rings. The second kappa shape index (κ2) is 4.61. The normalized spacial score (nSPS) is 11.2. The van der Waals surface area contributed by atoms with Gasteiger partial charge >= 0.3 is 0 Å². The Morgan fingerprint density at radius 2 is 2.00 bits per heavy atom. The van der Waals surface area contributed by atoms with E-state index in [1.54, 1.807) is 29.9 Å². The number of rotatable bonds is 2. The van der Waals surface area contributed by atoms with Gasteiger partial charge in [-0.1, -0.05) is 25.4 Å². The Bertz CT molecular complexity index is 571. The number of benzene rings is 1. The average Bonchev–Trinajstić information content (AvgIpc) is 2.62. The van der Waals surface area contributed by atoms with Crippen molar-refractivity contribution in [2.45, 2.75) is 19.8 Å². The van der Waals surface area contributed by atoms with E-state index in [9.17, 15) is 4.39 Å². The lowest BCUT2D eigenvalue weighted by molar-refractivity contribution is 0.599. The summed E-state index contributed by atoms with van der Waals surface area (Å²) in [4.78, 5) is 0. The van der Waals surface area contributed by atoms with Crippen LogP contribution in [0.4, 0.5) is 10.2 Å². The van der Waals surface area contributed by atoms with Crippen molar-refractivity contribution in [2.24, 2.45) is 7.05 Å². The number of hydrogen-bond donors (Lipinski definition) is 1. The predicted molar refractivity (Wildman–Crippen MR) is 72.1 cm³/mol. The van der Waals surface area contributed by atoms with Crippen LogP contribution in [0.2, 0.25) is 5.02 Å². The Kier molecular flexibility index (Phi) is 3.30. The molecule has 0 aliphatic carbocycles. The molecule has 0 saturated carbocycles. The molecule has 0 spiro atoms. The maximum Gasteiger partial charge on any atom is 0.145 e. The van der Waals surface area contributed by atoms with Crippen LogP contribution in [0.1, 0.15) is 25.3 Å². The summed E-state index contributed by atoms with van der Waals surface area (Å²) in [5.74, 6) is 0.249. The fourth-order valence-electron chi connectivity index (χ4n) is 1.80. The van der Waals surface area contributed by atoms with Crippen LogP contribution in [0.5, 0.6) is 0 Å². The van der Waals surface area contributed by atoms with Crippen molar-refractivity contribution in [3.8, 4) is 11.3 Å². The number of aromatic nitrogens is 2. The third kappa shape index (κ3) is 2.20. The first-order valence-electron chi connectivity index (χ1n) is 5.69. The summed E-state index contributed by atoms with van der Waals surface area (Å²) < 4.78 is 15.4. The highest BCUT2D eigenvalue weighted by Crippen LogP contribution is 2.31. The van der Waals surface area contributed by atoms with Crippen molar-refractivity contribution in [3.63, 3.8) is 0 Å². The van der Waals surface area contributed by atoms with Crippen LogP contribution in [0.3, 0.4) is 0 Å². The third-order valence-electron chi connectivity index (χ3n) is 2.89. The van der Waals surface area contributed by atoms with Gasteiger partial charge in [0.15, 0.2) is 0 Å². The van der Waals surface area contributed by atoms with Gasteiger partial charge in [0.2, 0.25) is 0 Å². The van der Waals surface area contributed by atoms with E-state index < -0.39 is 0 Å². The van der Waals surface area contributed by atoms with E-state index in [0.717, 1.165) is 5.56 Å². The number of nitrogens with zero attached hydrogens (tertiary/aromatic N) is 2. The first-order valence-corrected chi connectivity index (χ1v) is 6.06. The summed E-state index contributed by atoms with van der Waals surface area (Å²) >= 11 is 5.92. The molecule has 0 amide bonds. The molecular formula is C13H15ClFN3. The first kappa shape index (κ1) is 12.9. The van der Waals surface area contributed by atoms with E-state index in [4.69, 9.17) is 17.3 Å². The molecule has 3 nitrogen and oxygen atoms in total. The molecule has 0 unspecified atom stereocenters. The first-order chi connectivity index (χ1) is 8.40. The van der Waals surface area contributed by atoms with Gasteiger partial charge in [0.1, 0.15) is 11.6 Å². The second-order valence-corrected chi connectivity index (χ2v) is 5.00. The Morgan fingerprint density at radius 3 is 2.50 bits per heavy atom. The molecule has 96 valence electrons. The molecule has 1 heterocycles. The number of anilines is 1. The lowest BCUT2D eigenvalue weighted by Gasteiger charge is -2.10. The highest BCUT2D eigenvalue weighted by atomic mass is 35.5. The molecular weight excluding hydrogens is 253 g/mol. The molecule has 0 radical (unpaired) electrons. The van der Waals surface area contributed by atoms with Gasteiger partial charge in [-0.2, -0.15) is 5.10 Å². The molecule has 2 N–H and O–H groups in total. The van der Waals surface area contributed by atoms with Crippen LogP contribution in [-0.4, -0.2) is 9.78 Å². The van der Waals surface area contributed by atoms with Gasteiger partial charge < -0.3 is 5.73 Å². The fourth-order valence-corrected chi connectivity index (χ4v) is 2.03. The monoisotopic (exact) mass is 267 g/mol. The van der Waals surface area contributed by atoms with Crippen LogP contribution in [-0.2, 0) is 7.05 Å². The van der Waals surface area contributed by atoms with Crippen molar-refractivity contribution >= 4 is 17.4 Å². The zero-order valence-corrected chi connectivity index (χ0v) is 11.3. The summed E-state index contributed by atoms with van der Waals surface area (Å²) in [6.45, 7) is 3.84. The van der Waals surface area contributed by atoms with Crippen molar-refractivity contribution < 1.29 is 4.39 Å². The predicted octanol–water partition coefficient (Wildman–Crippen LogP) is 3.59. The summed E-state index contributed by atoms with van der Waals surface area (Å²) in [5.41, 5.74) is 7.79. The quantitative estimate of drug-likeness (QED) is 0.904. The van der Waals surface area contributed by atoms with Gasteiger partial charge in [0, 0.05) is 18.7 Å². The standard InChI is InChI=1S/C13H15ClFN3/c1-7(2)9-4-8(5-10(14)13(9)15)11-6-12(16)18(3)17-11/h4-7H,16H2,1-3H3. The molecule has 2 rings (SSSR count). The minimum atomic E-state index is -0.362. The number of hydrogen-bond acceptors (Lipinski definition) is 2. The highest BCUT2D eigenvalue weighted by molar-refractivity contribution is 6.31. The summed E-state index contributed by atoms with van der Waals surface area (Å²) in [6, 6.07) is 5.09. The van der Waals surface area contributed by atoms with Crippen molar-refractivity contribution in [3.05, 3.63) is 34.6 Å².